The van der Waals surface area contributed by atoms with E-state index in [0.717, 1.165) is 88.5 Å². The molecule has 0 heterocycles. The SMILES string of the molecule is COCCCCOCCOc1cc(-c2cc(OCCCOCCOC)ccc2C)c(C)c(-c2cc(OCCOCCCOC)ccc2C)c1. The van der Waals surface area contributed by atoms with Crippen LogP contribution in [0.4, 0.5) is 0 Å². The Kier molecular flexibility index (Phi) is 19.8. The number of unbranched alkanes of at least 4 members (excludes halogenated alkanes) is 1. The fourth-order valence-electron chi connectivity index (χ4n) is 5.28. The van der Waals surface area contributed by atoms with E-state index in [0.29, 0.717) is 72.7 Å². The van der Waals surface area contributed by atoms with Crippen molar-refractivity contribution in [2.24, 2.45) is 0 Å². The van der Waals surface area contributed by atoms with E-state index in [1.54, 1.807) is 21.3 Å². The molecule has 272 valence electrons. The van der Waals surface area contributed by atoms with Crippen LogP contribution in [0.3, 0.4) is 0 Å². The summed E-state index contributed by atoms with van der Waals surface area (Å²) in [5.74, 6) is 2.41. The molecule has 49 heavy (non-hydrogen) atoms. The summed E-state index contributed by atoms with van der Waals surface area (Å²) in [6.07, 6.45) is 3.61. The van der Waals surface area contributed by atoms with Crippen LogP contribution < -0.4 is 14.2 Å². The van der Waals surface area contributed by atoms with Crippen molar-refractivity contribution in [3.8, 4) is 39.5 Å². The van der Waals surface area contributed by atoms with Gasteiger partial charge in [0.05, 0.1) is 33.0 Å². The van der Waals surface area contributed by atoms with Gasteiger partial charge < -0.3 is 42.6 Å². The van der Waals surface area contributed by atoms with Crippen LogP contribution in [-0.4, -0.2) is 101 Å². The van der Waals surface area contributed by atoms with Gasteiger partial charge in [0.25, 0.3) is 0 Å². The zero-order chi connectivity index (χ0) is 35.1. The average Bonchev–Trinajstić information content (AvgIpc) is 3.10. The summed E-state index contributed by atoms with van der Waals surface area (Å²) in [4.78, 5) is 0. The fraction of sp³-hybridized carbons (Fsp3) is 0.550. The lowest BCUT2D eigenvalue weighted by Gasteiger charge is -2.19. The number of ether oxygens (including phenoxy) is 9. The quantitative estimate of drug-likeness (QED) is 0.0754. The summed E-state index contributed by atoms with van der Waals surface area (Å²) >= 11 is 0. The molecule has 0 aromatic heterocycles. The molecule has 3 aromatic carbocycles. The number of hydrogen-bond donors (Lipinski definition) is 0. The highest BCUT2D eigenvalue weighted by atomic mass is 16.5. The Morgan fingerprint density at radius 2 is 0.776 bits per heavy atom. The van der Waals surface area contributed by atoms with Gasteiger partial charge in [-0.2, -0.15) is 0 Å². The Hall–Kier alpha value is -3.18. The number of methoxy groups -OCH3 is 3. The van der Waals surface area contributed by atoms with Gasteiger partial charge in [-0.1, -0.05) is 12.1 Å². The van der Waals surface area contributed by atoms with Crippen molar-refractivity contribution in [3.05, 3.63) is 65.2 Å². The maximum atomic E-state index is 6.33. The van der Waals surface area contributed by atoms with Gasteiger partial charge in [-0.05, 0) is 115 Å². The predicted octanol–water partition coefficient (Wildman–Crippen LogP) is 7.63. The minimum absolute atomic E-state index is 0.452. The molecule has 0 atom stereocenters. The van der Waals surface area contributed by atoms with Gasteiger partial charge in [0.15, 0.2) is 0 Å². The molecule has 0 spiro atoms. The zero-order valence-electron chi connectivity index (χ0n) is 30.6. The molecule has 9 heteroatoms. The molecule has 0 saturated carbocycles. The van der Waals surface area contributed by atoms with Gasteiger partial charge in [-0.3, -0.25) is 0 Å². The highest BCUT2D eigenvalue weighted by Gasteiger charge is 2.16. The van der Waals surface area contributed by atoms with E-state index < -0.39 is 0 Å². The summed E-state index contributed by atoms with van der Waals surface area (Å²) < 4.78 is 51.0. The maximum absolute atomic E-state index is 6.33. The van der Waals surface area contributed by atoms with Crippen molar-refractivity contribution in [1.29, 1.82) is 0 Å². The topological polar surface area (TPSA) is 83.1 Å². The molecule has 0 unspecified atom stereocenters. The third-order valence-corrected chi connectivity index (χ3v) is 8.03. The first-order chi connectivity index (χ1) is 24.0. The van der Waals surface area contributed by atoms with Crippen molar-refractivity contribution in [2.75, 3.05) is 101 Å². The summed E-state index contributed by atoms with van der Waals surface area (Å²) in [5.41, 5.74) is 7.82. The standard InChI is InChI=1S/C40H58O9/c1-31-11-13-34(47-20-10-19-45-22-21-43-6)27-37(31)39-29-36(49-26-24-44-17-8-7-15-41-4)30-40(33(39)3)38-28-35(14-12-32(38)2)48-25-23-46-18-9-16-42-5/h11-14,27-30H,7-10,15-26H2,1-6H3. The molecule has 9 nitrogen and oxygen atoms in total. The molecule has 0 amide bonds. The van der Waals surface area contributed by atoms with Crippen LogP contribution in [0.2, 0.25) is 0 Å². The van der Waals surface area contributed by atoms with E-state index in [1.807, 2.05) is 12.1 Å². The van der Waals surface area contributed by atoms with E-state index in [4.69, 9.17) is 42.6 Å². The van der Waals surface area contributed by atoms with Gasteiger partial charge in [0.2, 0.25) is 0 Å². The third-order valence-electron chi connectivity index (χ3n) is 8.03. The first-order valence-corrected chi connectivity index (χ1v) is 17.4. The Bertz CT molecular complexity index is 1250. The highest BCUT2D eigenvalue weighted by molar-refractivity contribution is 5.83. The van der Waals surface area contributed by atoms with Crippen LogP contribution in [0.1, 0.15) is 42.4 Å². The van der Waals surface area contributed by atoms with E-state index in [-0.39, 0.29) is 0 Å². The Labute approximate surface area is 294 Å². The molecule has 0 aliphatic rings. The lowest BCUT2D eigenvalue weighted by molar-refractivity contribution is 0.0644. The van der Waals surface area contributed by atoms with E-state index in [1.165, 1.54) is 0 Å². The zero-order valence-corrected chi connectivity index (χ0v) is 30.6. The first-order valence-electron chi connectivity index (χ1n) is 17.4. The van der Waals surface area contributed by atoms with Crippen LogP contribution in [0.25, 0.3) is 22.3 Å². The van der Waals surface area contributed by atoms with Crippen molar-refractivity contribution < 1.29 is 42.6 Å². The van der Waals surface area contributed by atoms with Crippen molar-refractivity contribution in [3.63, 3.8) is 0 Å². The first kappa shape index (κ1) is 40.3. The predicted molar refractivity (Wildman–Crippen MR) is 195 cm³/mol. The van der Waals surface area contributed by atoms with Gasteiger partial charge >= 0.3 is 0 Å². The van der Waals surface area contributed by atoms with Crippen molar-refractivity contribution >= 4 is 0 Å². The molecular weight excluding hydrogens is 624 g/mol. The lowest BCUT2D eigenvalue weighted by Crippen LogP contribution is -2.09. The number of aryl methyl sites for hydroxylation is 2. The molecule has 0 aliphatic heterocycles. The highest BCUT2D eigenvalue weighted by Crippen LogP contribution is 2.40. The van der Waals surface area contributed by atoms with Crippen LogP contribution in [-0.2, 0) is 28.4 Å². The average molecular weight is 683 g/mol. The largest absolute Gasteiger partial charge is 0.493 e. The summed E-state index contributed by atoms with van der Waals surface area (Å²) in [6, 6.07) is 16.7. The summed E-state index contributed by atoms with van der Waals surface area (Å²) in [5, 5.41) is 0. The minimum Gasteiger partial charge on any atom is -0.493 e. The number of benzene rings is 3. The van der Waals surface area contributed by atoms with Crippen LogP contribution in [0, 0.1) is 20.8 Å². The van der Waals surface area contributed by atoms with Crippen molar-refractivity contribution in [2.45, 2.75) is 46.5 Å². The van der Waals surface area contributed by atoms with E-state index in [2.05, 4.69) is 57.2 Å². The molecule has 0 radical (unpaired) electrons. The molecule has 0 N–H and O–H groups in total. The minimum atomic E-state index is 0.452. The van der Waals surface area contributed by atoms with Crippen molar-refractivity contribution in [1.82, 2.24) is 0 Å². The number of rotatable bonds is 27. The van der Waals surface area contributed by atoms with Crippen LogP contribution >= 0.6 is 0 Å². The number of hydrogen-bond acceptors (Lipinski definition) is 9. The molecular formula is C40H58O9. The lowest BCUT2D eigenvalue weighted by atomic mass is 9.89. The maximum Gasteiger partial charge on any atom is 0.120 e. The molecule has 0 saturated heterocycles. The van der Waals surface area contributed by atoms with E-state index >= 15 is 0 Å². The molecule has 3 rings (SSSR count). The summed E-state index contributed by atoms with van der Waals surface area (Å²) in [7, 11) is 5.09. The molecule has 0 aliphatic carbocycles. The van der Waals surface area contributed by atoms with Gasteiger partial charge in [-0.25, -0.2) is 0 Å². The van der Waals surface area contributed by atoms with Crippen LogP contribution in [0.5, 0.6) is 17.2 Å². The van der Waals surface area contributed by atoms with Gasteiger partial charge in [0, 0.05) is 60.8 Å². The van der Waals surface area contributed by atoms with Crippen LogP contribution in [0.15, 0.2) is 48.5 Å². The molecule has 0 bridgehead atoms. The van der Waals surface area contributed by atoms with E-state index in [9.17, 15) is 0 Å². The monoisotopic (exact) mass is 682 g/mol. The molecule has 3 aromatic rings. The summed E-state index contributed by atoms with van der Waals surface area (Å²) in [6.45, 7) is 13.5. The second-order valence-electron chi connectivity index (χ2n) is 11.9. The van der Waals surface area contributed by atoms with Gasteiger partial charge in [-0.15, -0.1) is 0 Å². The Morgan fingerprint density at radius 3 is 1.33 bits per heavy atom. The second-order valence-corrected chi connectivity index (χ2v) is 11.9. The Balaban J connectivity index is 1.83. The normalized spacial score (nSPS) is 11.2. The third kappa shape index (κ3) is 14.7. The fourth-order valence-corrected chi connectivity index (χ4v) is 5.28. The smallest absolute Gasteiger partial charge is 0.120 e. The second kappa shape index (κ2) is 24.1. The molecule has 0 fully saturated rings. The van der Waals surface area contributed by atoms with Gasteiger partial charge in [0.1, 0.15) is 30.5 Å². The Morgan fingerprint density at radius 1 is 0.367 bits per heavy atom.